The number of aryl methyl sites for hydroxylation is 1. The first-order valence-corrected chi connectivity index (χ1v) is 12.0. The molecule has 0 aliphatic carbocycles. The zero-order chi connectivity index (χ0) is 24.5. The Balaban J connectivity index is 1.28. The molecule has 0 aliphatic rings. The fourth-order valence-electron chi connectivity index (χ4n) is 4.57. The highest BCUT2D eigenvalue weighted by molar-refractivity contribution is 5.84. The van der Waals surface area contributed by atoms with Gasteiger partial charge in [-0.05, 0) is 61.7 Å². The average Bonchev–Trinajstić information content (AvgIpc) is 3.54. The van der Waals surface area contributed by atoms with Crippen molar-refractivity contribution < 1.29 is 0 Å². The quantitative estimate of drug-likeness (QED) is 0.360. The molecular formula is C28H26N8. The highest BCUT2D eigenvalue weighted by atomic mass is 15.3. The molecule has 0 amide bonds. The molecule has 0 atom stereocenters. The molecule has 0 saturated carbocycles. The minimum absolute atomic E-state index is 0.688. The second kappa shape index (κ2) is 9.31. The van der Waals surface area contributed by atoms with Crippen molar-refractivity contribution in [3.63, 3.8) is 0 Å². The summed E-state index contributed by atoms with van der Waals surface area (Å²) < 4.78 is 1.77. The van der Waals surface area contributed by atoms with Gasteiger partial charge in [0.2, 0.25) is 0 Å². The second-order valence-corrected chi connectivity index (χ2v) is 9.05. The minimum Gasteiger partial charge on any atom is -0.339 e. The zero-order valence-corrected chi connectivity index (χ0v) is 20.3. The summed E-state index contributed by atoms with van der Waals surface area (Å²) in [7, 11) is 2.12. The van der Waals surface area contributed by atoms with E-state index in [2.05, 4.69) is 56.3 Å². The summed E-state index contributed by atoms with van der Waals surface area (Å²) in [4.78, 5) is 24.2. The highest BCUT2D eigenvalue weighted by Crippen LogP contribution is 2.30. The third-order valence-electron chi connectivity index (χ3n) is 6.40. The van der Waals surface area contributed by atoms with E-state index in [1.54, 1.807) is 10.8 Å². The number of pyridine rings is 3. The fraction of sp³-hybridized carbons (Fsp3) is 0.179. The van der Waals surface area contributed by atoms with Gasteiger partial charge < -0.3 is 4.98 Å². The van der Waals surface area contributed by atoms with Gasteiger partial charge in [-0.15, -0.1) is 0 Å². The normalized spacial score (nSPS) is 11.6. The van der Waals surface area contributed by atoms with Gasteiger partial charge in [0.25, 0.3) is 0 Å². The maximum Gasteiger partial charge on any atom is 0.155 e. The van der Waals surface area contributed by atoms with Gasteiger partial charge in [-0.25, -0.2) is 14.5 Å². The lowest BCUT2D eigenvalue weighted by Crippen LogP contribution is -2.21. The number of imidazole rings is 1. The summed E-state index contributed by atoms with van der Waals surface area (Å²) in [6.07, 6.45) is 8.24. The Hall–Kier alpha value is -4.43. The predicted octanol–water partition coefficient (Wildman–Crippen LogP) is 4.71. The molecule has 0 unspecified atom stereocenters. The Morgan fingerprint density at radius 3 is 2.83 bits per heavy atom. The van der Waals surface area contributed by atoms with E-state index >= 15 is 0 Å². The number of aromatic amines is 1. The van der Waals surface area contributed by atoms with Crippen LogP contribution in [0.4, 0.5) is 0 Å². The number of likely N-dealkylation sites (N-methyl/N-ethyl adjacent to an activating group) is 1. The van der Waals surface area contributed by atoms with Gasteiger partial charge in [0.05, 0.1) is 23.6 Å². The van der Waals surface area contributed by atoms with Gasteiger partial charge in [-0.3, -0.25) is 14.9 Å². The number of aromatic nitrogens is 7. The molecule has 8 nitrogen and oxygen atoms in total. The molecule has 0 saturated heterocycles. The Labute approximate surface area is 208 Å². The summed E-state index contributed by atoms with van der Waals surface area (Å²) in [5.74, 6) is 0.893. The summed E-state index contributed by atoms with van der Waals surface area (Å²) in [6, 6.07) is 18.5. The van der Waals surface area contributed by atoms with Crippen LogP contribution in [0.1, 0.15) is 17.1 Å². The van der Waals surface area contributed by atoms with Crippen LogP contribution < -0.4 is 0 Å². The molecule has 1 N–H and O–H groups in total. The Morgan fingerprint density at radius 1 is 1.00 bits per heavy atom. The van der Waals surface area contributed by atoms with Crippen molar-refractivity contribution in [2.45, 2.75) is 19.9 Å². The molecule has 178 valence electrons. The van der Waals surface area contributed by atoms with Crippen molar-refractivity contribution >= 4 is 16.4 Å². The second-order valence-electron chi connectivity index (χ2n) is 9.05. The third kappa shape index (κ3) is 4.34. The van der Waals surface area contributed by atoms with E-state index in [1.165, 1.54) is 16.3 Å². The first kappa shape index (κ1) is 22.1. The van der Waals surface area contributed by atoms with Gasteiger partial charge in [0.1, 0.15) is 12.2 Å². The van der Waals surface area contributed by atoms with Gasteiger partial charge in [-0.1, -0.05) is 24.3 Å². The molecule has 6 aromatic rings. The maximum atomic E-state index is 5.01. The smallest absolute Gasteiger partial charge is 0.155 e. The minimum atomic E-state index is 0.688. The summed E-state index contributed by atoms with van der Waals surface area (Å²) in [6.45, 7) is 3.58. The largest absolute Gasteiger partial charge is 0.339 e. The highest BCUT2D eigenvalue weighted by Gasteiger charge is 2.17. The van der Waals surface area contributed by atoms with Crippen molar-refractivity contribution in [3.05, 3.63) is 96.6 Å². The van der Waals surface area contributed by atoms with Gasteiger partial charge in [-0.2, -0.15) is 5.10 Å². The van der Waals surface area contributed by atoms with Crippen LogP contribution in [0.15, 0.2) is 79.5 Å². The summed E-state index contributed by atoms with van der Waals surface area (Å²) in [5, 5.41) is 6.73. The number of benzene rings is 1. The van der Waals surface area contributed by atoms with Crippen LogP contribution in [0.5, 0.6) is 0 Å². The molecule has 6 rings (SSSR count). The van der Waals surface area contributed by atoms with Crippen molar-refractivity contribution in [1.29, 1.82) is 0 Å². The molecule has 0 fully saturated rings. The lowest BCUT2D eigenvalue weighted by molar-refractivity contribution is 0.324. The van der Waals surface area contributed by atoms with E-state index in [4.69, 9.17) is 9.97 Å². The van der Waals surface area contributed by atoms with E-state index in [1.807, 2.05) is 55.8 Å². The number of hydrogen-bond donors (Lipinski definition) is 1. The standard InChI is InChI=1S/C28H26N8/c1-19-5-3-8-24(32-19)28-27(22-9-10-26-30-18-31-36(26)16-22)33-25(34-28)17-35(2)14-12-21-7-4-6-20-11-13-29-15-23(20)21/h3-11,13,15-16,18H,12,14,17H2,1-2H3,(H,33,34). The first-order valence-electron chi connectivity index (χ1n) is 12.0. The van der Waals surface area contributed by atoms with Gasteiger partial charge in [0, 0.05) is 41.8 Å². The molecule has 0 spiro atoms. The topological polar surface area (TPSA) is 87.9 Å². The average molecular weight is 475 g/mol. The Kier molecular flexibility index (Phi) is 5.71. The predicted molar refractivity (Wildman–Crippen MR) is 140 cm³/mol. The lowest BCUT2D eigenvalue weighted by atomic mass is 10.0. The molecule has 5 aromatic heterocycles. The maximum absolute atomic E-state index is 5.01. The van der Waals surface area contributed by atoms with Crippen LogP contribution in [-0.4, -0.2) is 53.0 Å². The Morgan fingerprint density at radius 2 is 1.92 bits per heavy atom. The SMILES string of the molecule is Cc1cccc(-c2[nH]c(CN(C)CCc3cccc4ccncc34)nc2-c2ccc3ncnn3c2)n1. The molecule has 0 bridgehead atoms. The summed E-state index contributed by atoms with van der Waals surface area (Å²) >= 11 is 0. The van der Waals surface area contributed by atoms with E-state index in [0.29, 0.717) is 6.54 Å². The number of nitrogens with zero attached hydrogens (tertiary/aromatic N) is 7. The molecule has 0 aliphatic heterocycles. The van der Waals surface area contributed by atoms with Crippen molar-refractivity contribution in [3.8, 4) is 22.6 Å². The molecular weight excluding hydrogens is 448 g/mol. The number of fused-ring (bicyclic) bond motifs is 2. The molecule has 1 aromatic carbocycles. The van der Waals surface area contributed by atoms with Crippen molar-refractivity contribution in [2.24, 2.45) is 0 Å². The number of nitrogens with one attached hydrogen (secondary N) is 1. The number of H-pyrrole nitrogens is 1. The molecule has 0 radical (unpaired) electrons. The monoisotopic (exact) mass is 474 g/mol. The van der Waals surface area contributed by atoms with E-state index in [0.717, 1.165) is 52.8 Å². The van der Waals surface area contributed by atoms with Crippen molar-refractivity contribution in [1.82, 2.24) is 39.4 Å². The van der Waals surface area contributed by atoms with Crippen LogP contribution in [0.25, 0.3) is 39.1 Å². The summed E-state index contributed by atoms with van der Waals surface area (Å²) in [5.41, 5.74) is 6.65. The zero-order valence-electron chi connectivity index (χ0n) is 20.3. The van der Waals surface area contributed by atoms with Crippen LogP contribution >= 0.6 is 0 Å². The van der Waals surface area contributed by atoms with Crippen molar-refractivity contribution in [2.75, 3.05) is 13.6 Å². The third-order valence-corrected chi connectivity index (χ3v) is 6.40. The Bertz CT molecular complexity index is 1660. The lowest BCUT2D eigenvalue weighted by Gasteiger charge is -2.16. The van der Waals surface area contributed by atoms with Crippen LogP contribution in [0.3, 0.4) is 0 Å². The van der Waals surface area contributed by atoms with E-state index in [9.17, 15) is 0 Å². The number of hydrogen-bond acceptors (Lipinski definition) is 6. The van der Waals surface area contributed by atoms with E-state index in [-0.39, 0.29) is 0 Å². The van der Waals surface area contributed by atoms with Gasteiger partial charge in [0.15, 0.2) is 5.65 Å². The number of rotatable bonds is 7. The van der Waals surface area contributed by atoms with Crippen LogP contribution in [0, 0.1) is 6.92 Å². The molecule has 5 heterocycles. The van der Waals surface area contributed by atoms with Gasteiger partial charge >= 0.3 is 0 Å². The molecule has 36 heavy (non-hydrogen) atoms. The molecule has 8 heteroatoms. The first-order chi connectivity index (χ1) is 17.6. The van der Waals surface area contributed by atoms with Crippen LogP contribution in [0.2, 0.25) is 0 Å². The van der Waals surface area contributed by atoms with Crippen LogP contribution in [-0.2, 0) is 13.0 Å². The fourth-order valence-corrected chi connectivity index (χ4v) is 4.57. The van der Waals surface area contributed by atoms with E-state index < -0.39 is 0 Å².